The van der Waals surface area contributed by atoms with Crippen LogP contribution in [-0.4, -0.2) is 41.1 Å². The Kier molecular flexibility index (Phi) is 4.28. The number of halogens is 3. The summed E-state index contributed by atoms with van der Waals surface area (Å²) in [6.45, 7) is 0.111. The standard InChI is InChI=1S/C11H17F3N4O/c1-19-8(11(12,13)14)5-6-15-10-16-9(17-18-10)7-3-2-4-7/h7-8H,2-6H2,1H3,(H2,15,16,17,18). The molecule has 1 unspecified atom stereocenters. The lowest BCUT2D eigenvalue weighted by molar-refractivity contribution is -0.213. The maximum Gasteiger partial charge on any atom is 0.414 e. The quantitative estimate of drug-likeness (QED) is 0.839. The number of aromatic nitrogens is 3. The van der Waals surface area contributed by atoms with Crippen molar-refractivity contribution in [3.8, 4) is 0 Å². The molecule has 19 heavy (non-hydrogen) atoms. The van der Waals surface area contributed by atoms with E-state index < -0.39 is 12.3 Å². The predicted octanol–water partition coefficient (Wildman–Crippen LogP) is 2.45. The van der Waals surface area contributed by atoms with Crippen LogP contribution in [0.15, 0.2) is 0 Å². The Morgan fingerprint density at radius 3 is 2.74 bits per heavy atom. The van der Waals surface area contributed by atoms with Crippen molar-refractivity contribution in [2.24, 2.45) is 0 Å². The van der Waals surface area contributed by atoms with Gasteiger partial charge in [-0.15, -0.1) is 5.10 Å². The molecule has 0 spiro atoms. The zero-order chi connectivity index (χ0) is 13.9. The maximum absolute atomic E-state index is 12.4. The van der Waals surface area contributed by atoms with E-state index >= 15 is 0 Å². The second-order valence-electron chi connectivity index (χ2n) is 4.65. The SMILES string of the molecule is COC(CCNc1n[nH]c(C2CCC2)n1)C(F)(F)F. The third-order valence-electron chi connectivity index (χ3n) is 3.33. The van der Waals surface area contributed by atoms with E-state index in [0.29, 0.717) is 11.9 Å². The van der Waals surface area contributed by atoms with E-state index in [0.717, 1.165) is 25.8 Å². The van der Waals surface area contributed by atoms with E-state index in [2.05, 4.69) is 25.2 Å². The van der Waals surface area contributed by atoms with Gasteiger partial charge in [0.1, 0.15) is 5.82 Å². The number of anilines is 1. The van der Waals surface area contributed by atoms with Gasteiger partial charge in [0.15, 0.2) is 6.10 Å². The van der Waals surface area contributed by atoms with Crippen LogP contribution in [0.2, 0.25) is 0 Å². The minimum absolute atomic E-state index is 0.111. The van der Waals surface area contributed by atoms with Crippen molar-refractivity contribution < 1.29 is 17.9 Å². The van der Waals surface area contributed by atoms with Gasteiger partial charge in [0.05, 0.1) is 0 Å². The average Bonchev–Trinajstić information content (AvgIpc) is 2.68. The molecule has 1 aromatic heterocycles. The Labute approximate surface area is 108 Å². The number of hydrogen-bond acceptors (Lipinski definition) is 4. The van der Waals surface area contributed by atoms with Crippen LogP contribution in [0, 0.1) is 0 Å². The van der Waals surface area contributed by atoms with Crippen LogP contribution in [-0.2, 0) is 4.74 Å². The van der Waals surface area contributed by atoms with Crippen LogP contribution < -0.4 is 5.32 Å². The van der Waals surface area contributed by atoms with E-state index in [1.165, 1.54) is 6.42 Å². The number of nitrogens with zero attached hydrogens (tertiary/aromatic N) is 2. The molecule has 108 valence electrons. The van der Waals surface area contributed by atoms with E-state index in [1.807, 2.05) is 0 Å². The molecule has 1 aliphatic carbocycles. The summed E-state index contributed by atoms with van der Waals surface area (Å²) in [6.07, 6.45) is -2.90. The molecule has 1 fully saturated rings. The highest BCUT2D eigenvalue weighted by atomic mass is 19.4. The minimum atomic E-state index is -4.34. The third kappa shape index (κ3) is 3.59. The molecule has 5 nitrogen and oxygen atoms in total. The molecule has 0 amide bonds. The van der Waals surface area contributed by atoms with Crippen LogP contribution >= 0.6 is 0 Å². The van der Waals surface area contributed by atoms with Gasteiger partial charge in [0, 0.05) is 19.6 Å². The highest BCUT2D eigenvalue weighted by Crippen LogP contribution is 2.34. The lowest BCUT2D eigenvalue weighted by Gasteiger charge is -2.22. The van der Waals surface area contributed by atoms with E-state index in [9.17, 15) is 13.2 Å². The smallest absolute Gasteiger partial charge is 0.372 e. The number of alkyl halides is 3. The Morgan fingerprint density at radius 2 is 2.21 bits per heavy atom. The van der Waals surface area contributed by atoms with Gasteiger partial charge in [0.25, 0.3) is 0 Å². The van der Waals surface area contributed by atoms with Crippen molar-refractivity contribution in [3.63, 3.8) is 0 Å². The fraction of sp³-hybridized carbons (Fsp3) is 0.818. The number of hydrogen-bond donors (Lipinski definition) is 2. The van der Waals surface area contributed by atoms with Crippen LogP contribution in [0.4, 0.5) is 19.1 Å². The number of nitrogens with one attached hydrogen (secondary N) is 2. The zero-order valence-corrected chi connectivity index (χ0v) is 10.6. The molecule has 2 rings (SSSR count). The summed E-state index contributed by atoms with van der Waals surface area (Å²) in [5.41, 5.74) is 0. The second kappa shape index (κ2) is 5.77. The van der Waals surface area contributed by atoms with Gasteiger partial charge in [-0.05, 0) is 19.3 Å². The van der Waals surface area contributed by atoms with Crippen molar-refractivity contribution in [2.75, 3.05) is 19.0 Å². The molecular formula is C11H17F3N4O. The highest BCUT2D eigenvalue weighted by Gasteiger charge is 2.39. The van der Waals surface area contributed by atoms with Crippen LogP contribution in [0.1, 0.15) is 37.4 Å². The first-order valence-electron chi connectivity index (χ1n) is 6.26. The van der Waals surface area contributed by atoms with Crippen LogP contribution in [0.3, 0.4) is 0 Å². The summed E-state index contributed by atoms with van der Waals surface area (Å²) in [6, 6.07) is 0. The van der Waals surface area contributed by atoms with Crippen LogP contribution in [0.25, 0.3) is 0 Å². The summed E-state index contributed by atoms with van der Waals surface area (Å²) in [4.78, 5) is 4.22. The first-order chi connectivity index (χ1) is 9.00. The van der Waals surface area contributed by atoms with Crippen molar-refractivity contribution in [1.29, 1.82) is 0 Å². The third-order valence-corrected chi connectivity index (χ3v) is 3.33. The Hall–Kier alpha value is -1.31. The lowest BCUT2D eigenvalue weighted by Crippen LogP contribution is -2.32. The van der Waals surface area contributed by atoms with Crippen molar-refractivity contribution in [2.45, 2.75) is 43.9 Å². The van der Waals surface area contributed by atoms with E-state index in [4.69, 9.17) is 0 Å². The normalized spacial score (nSPS) is 18.1. The van der Waals surface area contributed by atoms with E-state index in [1.54, 1.807) is 0 Å². The number of ether oxygens (including phenoxy) is 1. The highest BCUT2D eigenvalue weighted by molar-refractivity contribution is 5.23. The summed E-state index contributed by atoms with van der Waals surface area (Å²) in [7, 11) is 1.06. The Bertz CT molecular complexity index is 403. The van der Waals surface area contributed by atoms with Gasteiger partial charge in [-0.1, -0.05) is 6.42 Å². The molecule has 0 radical (unpaired) electrons. The second-order valence-corrected chi connectivity index (χ2v) is 4.65. The first kappa shape index (κ1) is 14.1. The zero-order valence-electron chi connectivity index (χ0n) is 10.6. The molecule has 1 atom stereocenters. The topological polar surface area (TPSA) is 62.8 Å². The monoisotopic (exact) mass is 278 g/mol. The minimum Gasteiger partial charge on any atom is -0.372 e. The van der Waals surface area contributed by atoms with Gasteiger partial charge in [-0.3, -0.25) is 5.10 Å². The molecule has 0 aromatic carbocycles. The largest absolute Gasteiger partial charge is 0.414 e. The fourth-order valence-corrected chi connectivity index (χ4v) is 1.95. The molecule has 1 aromatic rings. The van der Waals surface area contributed by atoms with Gasteiger partial charge >= 0.3 is 6.18 Å². The van der Waals surface area contributed by atoms with Gasteiger partial charge < -0.3 is 10.1 Å². The van der Waals surface area contributed by atoms with E-state index in [-0.39, 0.29) is 13.0 Å². The summed E-state index contributed by atoms with van der Waals surface area (Å²) in [5.74, 6) is 1.58. The molecule has 8 heteroatoms. The maximum atomic E-state index is 12.4. The Balaban J connectivity index is 1.77. The molecule has 1 saturated carbocycles. The lowest BCUT2D eigenvalue weighted by atomic mass is 9.85. The summed E-state index contributed by atoms with van der Waals surface area (Å²) in [5, 5.41) is 9.52. The predicted molar refractivity (Wildman–Crippen MR) is 62.9 cm³/mol. The summed E-state index contributed by atoms with van der Waals surface area (Å²) < 4.78 is 41.7. The van der Waals surface area contributed by atoms with Crippen molar-refractivity contribution in [1.82, 2.24) is 15.2 Å². The number of rotatable bonds is 6. The molecule has 1 heterocycles. The number of H-pyrrole nitrogens is 1. The molecule has 0 aliphatic heterocycles. The van der Waals surface area contributed by atoms with Crippen LogP contribution in [0.5, 0.6) is 0 Å². The molecule has 2 N–H and O–H groups in total. The number of methoxy groups -OCH3 is 1. The molecule has 0 saturated heterocycles. The Morgan fingerprint density at radius 1 is 1.47 bits per heavy atom. The van der Waals surface area contributed by atoms with Gasteiger partial charge in [0.2, 0.25) is 5.95 Å². The summed E-state index contributed by atoms with van der Waals surface area (Å²) >= 11 is 0. The first-order valence-corrected chi connectivity index (χ1v) is 6.26. The molecule has 1 aliphatic rings. The van der Waals surface area contributed by atoms with Gasteiger partial charge in [-0.25, -0.2) is 0 Å². The molecule has 0 bridgehead atoms. The average molecular weight is 278 g/mol. The number of aromatic amines is 1. The van der Waals surface area contributed by atoms with Crippen molar-refractivity contribution in [3.05, 3.63) is 5.82 Å². The van der Waals surface area contributed by atoms with Crippen molar-refractivity contribution >= 4 is 5.95 Å². The van der Waals surface area contributed by atoms with Gasteiger partial charge in [-0.2, -0.15) is 18.2 Å². The fourth-order valence-electron chi connectivity index (χ4n) is 1.95. The molecular weight excluding hydrogens is 261 g/mol.